The molecule has 0 unspecified atom stereocenters. The van der Waals surface area contributed by atoms with E-state index in [-0.39, 0.29) is 11.3 Å². The van der Waals surface area contributed by atoms with Crippen LogP contribution in [0.4, 0.5) is 5.69 Å². The average Bonchev–Trinajstić information content (AvgIpc) is 2.46. The van der Waals surface area contributed by atoms with Crippen LogP contribution < -0.4 is 0 Å². The topological polar surface area (TPSA) is 115 Å². The lowest BCUT2D eigenvalue weighted by atomic mass is 10.1. The van der Waals surface area contributed by atoms with Crippen LogP contribution in [0.5, 0.6) is 5.75 Å². The Balaban J connectivity index is 2.67. The van der Waals surface area contributed by atoms with Gasteiger partial charge in [-0.2, -0.15) is 0 Å². The Morgan fingerprint density at radius 2 is 1.77 bits per heavy atom. The van der Waals surface area contributed by atoms with Crippen LogP contribution in [0.3, 0.4) is 0 Å². The molecular formula is C14H11NO6S. The largest absolute Gasteiger partial charge is 0.507 e. The third-order valence-corrected chi connectivity index (χ3v) is 4.85. The summed E-state index contributed by atoms with van der Waals surface area (Å²) in [6.45, 7) is 1.27. The van der Waals surface area contributed by atoms with Crippen LogP contribution in [0.1, 0.15) is 17.3 Å². The standard InChI is InChI=1S/C14H11NO6S/c1-9(16)10-6-7-14(12(17)8-10)22(20,21)13-5-3-2-4-11(13)15(18)19/h2-8,17H,1H3. The molecule has 0 aromatic heterocycles. The van der Waals surface area contributed by atoms with Gasteiger partial charge in [0.15, 0.2) is 5.78 Å². The van der Waals surface area contributed by atoms with Gasteiger partial charge in [0.05, 0.1) is 4.92 Å². The summed E-state index contributed by atoms with van der Waals surface area (Å²) < 4.78 is 25.0. The van der Waals surface area contributed by atoms with Crippen molar-refractivity contribution in [2.24, 2.45) is 0 Å². The number of Topliss-reactive ketones (excluding diaryl/α,β-unsaturated/α-hetero) is 1. The van der Waals surface area contributed by atoms with Gasteiger partial charge in [0.1, 0.15) is 15.5 Å². The van der Waals surface area contributed by atoms with Crippen LogP contribution >= 0.6 is 0 Å². The average molecular weight is 321 g/mol. The molecule has 0 bridgehead atoms. The number of sulfone groups is 1. The molecule has 1 N–H and O–H groups in total. The number of hydrogen-bond donors (Lipinski definition) is 1. The van der Waals surface area contributed by atoms with Gasteiger partial charge in [0.25, 0.3) is 5.69 Å². The molecule has 0 saturated heterocycles. The number of carbonyl (C=O) groups is 1. The summed E-state index contributed by atoms with van der Waals surface area (Å²) in [5, 5.41) is 20.8. The Kier molecular flexibility index (Phi) is 3.96. The summed E-state index contributed by atoms with van der Waals surface area (Å²) >= 11 is 0. The summed E-state index contributed by atoms with van der Waals surface area (Å²) in [6.07, 6.45) is 0. The molecule has 0 heterocycles. The first-order chi connectivity index (χ1) is 10.2. The van der Waals surface area contributed by atoms with E-state index >= 15 is 0 Å². The summed E-state index contributed by atoms with van der Waals surface area (Å²) in [4.78, 5) is 20.4. The number of nitro benzene ring substituents is 1. The number of ketones is 1. The maximum absolute atomic E-state index is 12.5. The number of carbonyl (C=O) groups excluding carboxylic acids is 1. The molecule has 0 aliphatic rings. The van der Waals surface area contributed by atoms with E-state index in [0.29, 0.717) is 0 Å². The molecule has 2 rings (SSSR count). The Bertz CT molecular complexity index is 873. The van der Waals surface area contributed by atoms with Crippen molar-refractivity contribution < 1.29 is 23.2 Å². The predicted octanol–water partition coefficient (Wildman–Crippen LogP) is 2.34. The highest BCUT2D eigenvalue weighted by Gasteiger charge is 2.29. The van der Waals surface area contributed by atoms with Crippen molar-refractivity contribution in [3.63, 3.8) is 0 Å². The van der Waals surface area contributed by atoms with Crippen LogP contribution in [0, 0.1) is 10.1 Å². The fourth-order valence-electron chi connectivity index (χ4n) is 1.92. The SMILES string of the molecule is CC(=O)c1ccc(S(=O)(=O)c2ccccc2[N+](=O)[O-])c(O)c1. The van der Waals surface area contributed by atoms with E-state index in [1.807, 2.05) is 0 Å². The summed E-state index contributed by atoms with van der Waals surface area (Å²) in [5.41, 5.74) is -0.448. The highest BCUT2D eigenvalue weighted by molar-refractivity contribution is 7.91. The molecule has 22 heavy (non-hydrogen) atoms. The molecular weight excluding hydrogens is 310 g/mol. The highest BCUT2D eigenvalue weighted by atomic mass is 32.2. The third kappa shape index (κ3) is 2.68. The number of hydrogen-bond acceptors (Lipinski definition) is 6. The maximum Gasteiger partial charge on any atom is 0.288 e. The second kappa shape index (κ2) is 5.57. The lowest BCUT2D eigenvalue weighted by Crippen LogP contribution is -2.06. The zero-order chi connectivity index (χ0) is 16.5. The number of phenols is 1. The van der Waals surface area contributed by atoms with Crippen molar-refractivity contribution in [3.05, 3.63) is 58.1 Å². The van der Waals surface area contributed by atoms with Crippen LogP contribution in [0.15, 0.2) is 52.3 Å². The van der Waals surface area contributed by atoms with E-state index in [9.17, 15) is 28.4 Å². The minimum atomic E-state index is -4.29. The molecule has 2 aromatic carbocycles. The molecule has 0 spiro atoms. The van der Waals surface area contributed by atoms with Gasteiger partial charge in [0.2, 0.25) is 9.84 Å². The van der Waals surface area contributed by atoms with E-state index in [1.165, 1.54) is 25.1 Å². The number of para-hydroxylation sites is 1. The van der Waals surface area contributed by atoms with E-state index in [4.69, 9.17) is 0 Å². The monoisotopic (exact) mass is 321 g/mol. The quantitative estimate of drug-likeness (QED) is 0.525. The number of aromatic hydroxyl groups is 1. The maximum atomic E-state index is 12.5. The van der Waals surface area contributed by atoms with Gasteiger partial charge >= 0.3 is 0 Å². The third-order valence-electron chi connectivity index (χ3n) is 3.01. The van der Waals surface area contributed by atoms with Gasteiger partial charge in [-0.3, -0.25) is 14.9 Å². The molecule has 2 aromatic rings. The van der Waals surface area contributed by atoms with Crippen LogP contribution in [-0.2, 0) is 9.84 Å². The Labute approximate surface area is 125 Å². The van der Waals surface area contributed by atoms with Gasteiger partial charge in [-0.05, 0) is 31.2 Å². The first-order valence-electron chi connectivity index (χ1n) is 6.07. The molecule has 0 aliphatic heterocycles. The minimum Gasteiger partial charge on any atom is -0.507 e. The summed E-state index contributed by atoms with van der Waals surface area (Å²) in [7, 11) is -4.29. The van der Waals surface area contributed by atoms with Gasteiger partial charge in [-0.25, -0.2) is 8.42 Å². The fraction of sp³-hybridized carbons (Fsp3) is 0.0714. The van der Waals surface area contributed by atoms with E-state index in [0.717, 1.165) is 24.3 Å². The van der Waals surface area contributed by atoms with Crippen molar-refractivity contribution >= 4 is 21.3 Å². The van der Waals surface area contributed by atoms with Crippen LogP contribution in [-0.4, -0.2) is 24.2 Å². The van der Waals surface area contributed by atoms with Crippen molar-refractivity contribution in [2.75, 3.05) is 0 Å². The summed E-state index contributed by atoms with van der Waals surface area (Å²) in [6, 6.07) is 8.15. The number of phenolic OH excluding ortho intramolecular Hbond substituents is 1. The van der Waals surface area contributed by atoms with E-state index in [2.05, 4.69) is 0 Å². The molecule has 0 aliphatic carbocycles. The zero-order valence-electron chi connectivity index (χ0n) is 11.4. The van der Waals surface area contributed by atoms with Gasteiger partial charge in [-0.1, -0.05) is 12.1 Å². The Morgan fingerprint density at radius 3 is 2.32 bits per heavy atom. The lowest BCUT2D eigenvalue weighted by Gasteiger charge is -2.08. The number of benzene rings is 2. The van der Waals surface area contributed by atoms with E-state index < -0.39 is 36.0 Å². The second-order valence-electron chi connectivity index (χ2n) is 4.47. The number of nitrogens with zero attached hydrogens (tertiary/aromatic N) is 1. The molecule has 0 radical (unpaired) electrons. The lowest BCUT2D eigenvalue weighted by molar-refractivity contribution is -0.387. The molecule has 8 heteroatoms. The second-order valence-corrected chi connectivity index (χ2v) is 6.35. The highest BCUT2D eigenvalue weighted by Crippen LogP contribution is 2.33. The molecule has 0 fully saturated rings. The number of nitro groups is 1. The Morgan fingerprint density at radius 1 is 1.14 bits per heavy atom. The normalized spacial score (nSPS) is 11.1. The van der Waals surface area contributed by atoms with Gasteiger partial charge in [0, 0.05) is 11.6 Å². The Hall–Kier alpha value is -2.74. The molecule has 0 atom stereocenters. The molecule has 114 valence electrons. The minimum absolute atomic E-state index is 0.138. The molecule has 0 saturated carbocycles. The molecule has 0 amide bonds. The van der Waals surface area contributed by atoms with Crippen molar-refractivity contribution in [1.29, 1.82) is 0 Å². The first-order valence-corrected chi connectivity index (χ1v) is 7.56. The predicted molar refractivity (Wildman–Crippen MR) is 76.7 cm³/mol. The zero-order valence-corrected chi connectivity index (χ0v) is 12.2. The van der Waals surface area contributed by atoms with Crippen LogP contribution in [0.25, 0.3) is 0 Å². The smallest absolute Gasteiger partial charge is 0.288 e. The summed E-state index contributed by atoms with van der Waals surface area (Å²) in [5.74, 6) is -0.976. The van der Waals surface area contributed by atoms with Crippen molar-refractivity contribution in [2.45, 2.75) is 16.7 Å². The van der Waals surface area contributed by atoms with Gasteiger partial charge < -0.3 is 5.11 Å². The molecule has 7 nitrogen and oxygen atoms in total. The van der Waals surface area contributed by atoms with Crippen molar-refractivity contribution in [3.8, 4) is 5.75 Å². The van der Waals surface area contributed by atoms with Crippen LogP contribution in [0.2, 0.25) is 0 Å². The van der Waals surface area contributed by atoms with Gasteiger partial charge in [-0.15, -0.1) is 0 Å². The first kappa shape index (κ1) is 15.6. The van der Waals surface area contributed by atoms with E-state index in [1.54, 1.807) is 0 Å². The fourth-order valence-corrected chi connectivity index (χ4v) is 3.41. The van der Waals surface area contributed by atoms with Crippen molar-refractivity contribution in [1.82, 2.24) is 0 Å². The number of rotatable bonds is 4.